The fourth-order valence-corrected chi connectivity index (χ4v) is 5.19. The summed E-state index contributed by atoms with van der Waals surface area (Å²) in [6.45, 7) is 4.35. The van der Waals surface area contributed by atoms with E-state index in [1.165, 1.54) is 0 Å². The van der Waals surface area contributed by atoms with Crippen molar-refractivity contribution in [3.8, 4) is 5.75 Å². The molecule has 0 fully saturated rings. The highest BCUT2D eigenvalue weighted by Gasteiger charge is 2.30. The Hall–Kier alpha value is -4.69. The number of primary amides is 1. The van der Waals surface area contributed by atoms with E-state index in [4.69, 9.17) is 28.7 Å². The Balaban J connectivity index is 2.31. The fourth-order valence-electron chi connectivity index (χ4n) is 5.19. The highest BCUT2D eigenvalue weighted by Crippen LogP contribution is 2.22. The molecule has 2 aromatic carbocycles. The number of carbonyl (C=O) groups is 4. The molecule has 4 atom stereocenters. The molecular formula is C33H51N9O5. The predicted molar refractivity (Wildman–Crippen MR) is 182 cm³/mol. The van der Waals surface area contributed by atoms with Crippen LogP contribution in [0, 0.1) is 13.8 Å². The second-order valence-electron chi connectivity index (χ2n) is 11.7. The maximum Gasteiger partial charge on any atom is 0.243 e. The molecule has 2 aromatic rings. The molecule has 0 aromatic heterocycles. The van der Waals surface area contributed by atoms with Gasteiger partial charge in [0, 0.05) is 19.4 Å². The Morgan fingerprint density at radius 1 is 0.766 bits per heavy atom. The Labute approximate surface area is 276 Å². The zero-order chi connectivity index (χ0) is 34.9. The second-order valence-corrected chi connectivity index (χ2v) is 11.7. The van der Waals surface area contributed by atoms with E-state index in [0.29, 0.717) is 19.4 Å². The number of carbonyl (C=O) groups excluding carboxylic acids is 4. The van der Waals surface area contributed by atoms with Crippen LogP contribution in [0.15, 0.2) is 47.5 Å². The van der Waals surface area contributed by atoms with Crippen molar-refractivity contribution in [1.29, 1.82) is 0 Å². The van der Waals surface area contributed by atoms with E-state index >= 15 is 0 Å². The summed E-state index contributed by atoms with van der Waals surface area (Å²) in [5.41, 5.74) is 31.1. The normalized spacial score (nSPS) is 13.4. The number of rotatable bonds is 20. The Kier molecular flexibility index (Phi) is 16.2. The van der Waals surface area contributed by atoms with Gasteiger partial charge >= 0.3 is 0 Å². The number of nitrogens with one attached hydrogen (secondary N) is 3. The number of unbranched alkanes of at least 4 members (excludes halogenated alkanes) is 2. The zero-order valence-corrected chi connectivity index (χ0v) is 27.3. The molecule has 0 spiro atoms. The zero-order valence-electron chi connectivity index (χ0n) is 27.3. The molecule has 4 unspecified atom stereocenters. The first kappa shape index (κ1) is 38.5. The van der Waals surface area contributed by atoms with Gasteiger partial charge in [0.15, 0.2) is 5.96 Å². The Morgan fingerprint density at radius 2 is 1.36 bits per heavy atom. The van der Waals surface area contributed by atoms with Crippen LogP contribution in [0.5, 0.6) is 5.75 Å². The van der Waals surface area contributed by atoms with Crippen molar-refractivity contribution in [3.63, 3.8) is 0 Å². The molecule has 0 bridgehead atoms. The van der Waals surface area contributed by atoms with Gasteiger partial charge < -0.3 is 49.7 Å². The largest absolute Gasteiger partial charge is 0.508 e. The molecular weight excluding hydrogens is 602 g/mol. The van der Waals surface area contributed by atoms with Crippen molar-refractivity contribution in [2.75, 3.05) is 13.1 Å². The molecule has 0 saturated carbocycles. The summed E-state index contributed by atoms with van der Waals surface area (Å²) in [6.07, 6.45) is 3.23. The van der Waals surface area contributed by atoms with Gasteiger partial charge in [-0.2, -0.15) is 0 Å². The molecule has 0 aliphatic rings. The van der Waals surface area contributed by atoms with E-state index in [1.54, 1.807) is 26.0 Å². The van der Waals surface area contributed by atoms with Crippen LogP contribution in [-0.4, -0.2) is 72.0 Å². The molecule has 258 valence electrons. The fraction of sp³-hybridized carbons (Fsp3) is 0.485. The van der Waals surface area contributed by atoms with Gasteiger partial charge in [0.1, 0.15) is 23.9 Å². The number of hydrogen-bond donors (Lipinski definition) is 9. The highest BCUT2D eigenvalue weighted by molar-refractivity contribution is 5.94. The molecule has 47 heavy (non-hydrogen) atoms. The summed E-state index contributed by atoms with van der Waals surface area (Å²) in [4.78, 5) is 56.8. The number of guanidine groups is 1. The standard InChI is InChI=1S/C33H51N9O5/c1-20-16-23(43)17-21(2)24(20)19-28(42-30(45)25(35)12-9-15-39-33(37)38)32(47)40-26(13-7-4-8-14-34)31(46)41-27(29(36)44)18-22-10-5-3-6-11-22/h3,5-6,10-11,16-17,25-28,43H,4,7-9,12-15,18-19,34-35H2,1-2H3,(H2,36,44)(H,40,47)(H,41,46)(H,42,45)(H4,37,38,39). The van der Waals surface area contributed by atoms with E-state index < -0.39 is 47.8 Å². The van der Waals surface area contributed by atoms with Crippen LogP contribution in [0.4, 0.5) is 0 Å². The van der Waals surface area contributed by atoms with Crippen LogP contribution < -0.4 is 44.6 Å². The first-order valence-electron chi connectivity index (χ1n) is 15.9. The van der Waals surface area contributed by atoms with E-state index in [0.717, 1.165) is 35.1 Å². The Morgan fingerprint density at radius 3 is 1.96 bits per heavy atom. The van der Waals surface area contributed by atoms with Gasteiger partial charge in [0.2, 0.25) is 23.6 Å². The summed E-state index contributed by atoms with van der Waals surface area (Å²) in [6, 6.07) is 8.13. The first-order valence-corrected chi connectivity index (χ1v) is 15.9. The lowest BCUT2D eigenvalue weighted by molar-refractivity contribution is -0.133. The van der Waals surface area contributed by atoms with Crippen molar-refractivity contribution in [1.82, 2.24) is 16.0 Å². The topological polar surface area (TPSA) is 267 Å². The summed E-state index contributed by atoms with van der Waals surface area (Å²) >= 11 is 0. The molecule has 14 heteroatoms. The van der Waals surface area contributed by atoms with Crippen molar-refractivity contribution in [3.05, 3.63) is 64.7 Å². The van der Waals surface area contributed by atoms with Crippen molar-refractivity contribution < 1.29 is 24.3 Å². The van der Waals surface area contributed by atoms with Gasteiger partial charge in [-0.3, -0.25) is 24.2 Å². The van der Waals surface area contributed by atoms with Gasteiger partial charge in [0.05, 0.1) is 6.04 Å². The van der Waals surface area contributed by atoms with E-state index in [1.807, 2.05) is 30.3 Å². The second kappa shape index (κ2) is 19.7. The number of nitrogens with zero attached hydrogens (tertiary/aromatic N) is 1. The van der Waals surface area contributed by atoms with Crippen LogP contribution in [0.3, 0.4) is 0 Å². The smallest absolute Gasteiger partial charge is 0.243 e. The summed E-state index contributed by atoms with van der Waals surface area (Å²) in [5, 5.41) is 18.3. The van der Waals surface area contributed by atoms with Crippen LogP contribution in [0.25, 0.3) is 0 Å². The predicted octanol–water partition coefficient (Wildman–Crippen LogP) is -0.366. The number of phenolic OH excluding ortho intramolecular Hbond substituents is 1. The molecule has 0 saturated heterocycles. The number of benzene rings is 2. The molecule has 14 nitrogen and oxygen atoms in total. The third-order valence-electron chi connectivity index (χ3n) is 7.80. The maximum absolute atomic E-state index is 13.9. The van der Waals surface area contributed by atoms with E-state index in [9.17, 15) is 24.3 Å². The number of hydrogen-bond acceptors (Lipinski definition) is 8. The average Bonchev–Trinajstić information content (AvgIpc) is 3.01. The van der Waals surface area contributed by atoms with Gasteiger partial charge in [0.25, 0.3) is 0 Å². The lowest BCUT2D eigenvalue weighted by Crippen LogP contribution is -2.58. The van der Waals surface area contributed by atoms with Crippen molar-refractivity contribution in [2.45, 2.75) is 89.4 Å². The summed E-state index contributed by atoms with van der Waals surface area (Å²) in [7, 11) is 0. The molecule has 0 aliphatic heterocycles. The van der Waals surface area contributed by atoms with Gasteiger partial charge in [-0.1, -0.05) is 43.2 Å². The lowest BCUT2D eigenvalue weighted by atomic mass is 9.95. The number of amides is 4. The minimum Gasteiger partial charge on any atom is -0.508 e. The summed E-state index contributed by atoms with van der Waals surface area (Å²) < 4.78 is 0. The van der Waals surface area contributed by atoms with Gasteiger partial charge in [-0.05, 0) is 80.5 Å². The molecule has 0 heterocycles. The summed E-state index contributed by atoms with van der Waals surface area (Å²) in [5.74, 6) is -2.47. The third kappa shape index (κ3) is 13.7. The lowest BCUT2D eigenvalue weighted by Gasteiger charge is -2.26. The molecule has 0 aliphatic carbocycles. The van der Waals surface area contributed by atoms with Gasteiger partial charge in [-0.25, -0.2) is 0 Å². The van der Waals surface area contributed by atoms with Crippen LogP contribution in [0.2, 0.25) is 0 Å². The first-order chi connectivity index (χ1) is 22.3. The maximum atomic E-state index is 13.9. The number of aliphatic imine (C=N–C) groups is 1. The molecule has 2 rings (SSSR count). The van der Waals surface area contributed by atoms with Crippen LogP contribution in [-0.2, 0) is 32.0 Å². The van der Waals surface area contributed by atoms with Gasteiger partial charge in [-0.15, -0.1) is 0 Å². The number of nitrogens with two attached hydrogens (primary N) is 5. The third-order valence-corrected chi connectivity index (χ3v) is 7.80. The monoisotopic (exact) mass is 653 g/mol. The molecule has 0 radical (unpaired) electrons. The SMILES string of the molecule is Cc1cc(O)cc(C)c1CC(NC(=O)C(N)CCCN=C(N)N)C(=O)NC(CCCCCN)C(=O)NC(Cc1ccccc1)C(N)=O. The van der Waals surface area contributed by atoms with Crippen LogP contribution in [0.1, 0.15) is 60.8 Å². The van der Waals surface area contributed by atoms with Crippen LogP contribution >= 0.6 is 0 Å². The molecule has 14 N–H and O–H groups in total. The minimum atomic E-state index is -1.12. The number of phenols is 1. The highest BCUT2D eigenvalue weighted by atomic mass is 16.3. The van der Waals surface area contributed by atoms with Crippen molar-refractivity contribution in [2.24, 2.45) is 33.7 Å². The number of aryl methyl sites for hydroxylation is 2. The molecule has 4 amide bonds. The van der Waals surface area contributed by atoms with E-state index in [-0.39, 0.29) is 43.9 Å². The number of aromatic hydroxyl groups is 1. The Bertz CT molecular complexity index is 1340. The average molecular weight is 654 g/mol. The minimum absolute atomic E-state index is 0.0651. The van der Waals surface area contributed by atoms with E-state index in [2.05, 4.69) is 20.9 Å². The van der Waals surface area contributed by atoms with Crippen molar-refractivity contribution >= 4 is 29.6 Å². The quantitative estimate of drug-likeness (QED) is 0.0512.